The molecule has 7 nitrogen and oxygen atoms in total. The monoisotopic (exact) mass is 329 g/mol. The van der Waals surface area contributed by atoms with E-state index < -0.39 is 6.04 Å². The Hall–Kier alpha value is -1.02. The van der Waals surface area contributed by atoms with E-state index in [1.165, 1.54) is 0 Å². The highest BCUT2D eigenvalue weighted by Gasteiger charge is 2.15. The molecule has 0 aliphatic heterocycles. The molecule has 0 saturated carbocycles. The molecular weight excluding hydrogens is 294 g/mol. The van der Waals surface area contributed by atoms with Gasteiger partial charge in [0.2, 0.25) is 5.91 Å². The zero-order valence-corrected chi connectivity index (χ0v) is 15.0. The molecule has 0 bridgehead atoms. The molecule has 0 aromatic rings. The van der Waals surface area contributed by atoms with Crippen molar-refractivity contribution in [3.05, 3.63) is 0 Å². The molecule has 1 unspecified atom stereocenters. The third-order valence-corrected chi connectivity index (χ3v) is 3.80. The van der Waals surface area contributed by atoms with E-state index in [1.807, 2.05) is 0 Å². The Bertz CT molecular complexity index is 338. The van der Waals surface area contributed by atoms with Crippen molar-refractivity contribution in [2.45, 2.75) is 38.6 Å². The van der Waals surface area contributed by atoms with Crippen molar-refractivity contribution < 1.29 is 9.59 Å². The second-order valence-electron chi connectivity index (χ2n) is 6.10. The van der Waals surface area contributed by atoms with Gasteiger partial charge in [-0.05, 0) is 46.6 Å². The van der Waals surface area contributed by atoms with Gasteiger partial charge < -0.3 is 26.6 Å². The number of rotatable bonds is 14. The minimum absolute atomic E-state index is 0.0196. The van der Waals surface area contributed by atoms with Crippen LogP contribution in [0.15, 0.2) is 0 Å². The number of amides is 1. The van der Waals surface area contributed by atoms with E-state index in [4.69, 9.17) is 11.5 Å². The Morgan fingerprint density at radius 2 is 1.61 bits per heavy atom. The second-order valence-corrected chi connectivity index (χ2v) is 6.10. The van der Waals surface area contributed by atoms with Gasteiger partial charge in [0, 0.05) is 32.5 Å². The number of carbonyl (C=O) groups is 2. The molecule has 7 heteroatoms. The molecule has 0 saturated heterocycles. The molecular formula is C16H35N5O2. The van der Waals surface area contributed by atoms with Crippen molar-refractivity contribution in [3.63, 3.8) is 0 Å². The molecule has 0 aromatic carbocycles. The lowest BCUT2D eigenvalue weighted by molar-refractivity contribution is -0.126. The van der Waals surface area contributed by atoms with Gasteiger partial charge in [-0.25, -0.2) is 0 Å². The number of hydrogen-bond acceptors (Lipinski definition) is 6. The summed E-state index contributed by atoms with van der Waals surface area (Å²) in [5.74, 6) is -0.220. The van der Waals surface area contributed by atoms with Crippen LogP contribution in [0.1, 0.15) is 32.6 Å². The average Bonchev–Trinajstić information content (AvgIpc) is 2.54. The molecule has 0 radical (unpaired) electrons. The highest BCUT2D eigenvalue weighted by molar-refractivity contribution is 5.88. The number of nitrogens with two attached hydrogens (primary N) is 2. The van der Waals surface area contributed by atoms with Crippen LogP contribution in [0.4, 0.5) is 0 Å². The first-order valence-electron chi connectivity index (χ1n) is 8.52. The van der Waals surface area contributed by atoms with Crippen LogP contribution in [-0.2, 0) is 9.59 Å². The third kappa shape index (κ3) is 12.1. The quantitative estimate of drug-likeness (QED) is 0.368. The van der Waals surface area contributed by atoms with Gasteiger partial charge in [-0.15, -0.1) is 0 Å². The van der Waals surface area contributed by atoms with Crippen LogP contribution in [0.3, 0.4) is 0 Å². The first-order chi connectivity index (χ1) is 10.9. The molecule has 5 N–H and O–H groups in total. The normalized spacial score (nSPS) is 12.7. The van der Waals surface area contributed by atoms with Gasteiger partial charge >= 0.3 is 0 Å². The van der Waals surface area contributed by atoms with E-state index >= 15 is 0 Å². The number of nitrogens with zero attached hydrogens (tertiary/aromatic N) is 2. The summed E-state index contributed by atoms with van der Waals surface area (Å²) in [7, 11) is 4.17. The molecule has 0 aliphatic rings. The van der Waals surface area contributed by atoms with Crippen LogP contribution in [0.2, 0.25) is 0 Å². The van der Waals surface area contributed by atoms with E-state index in [0.717, 1.165) is 45.6 Å². The third-order valence-electron chi connectivity index (χ3n) is 3.80. The minimum atomic E-state index is -0.726. The predicted octanol–water partition coefficient (Wildman–Crippen LogP) is -0.598. The van der Waals surface area contributed by atoms with E-state index in [2.05, 4.69) is 29.2 Å². The summed E-state index contributed by atoms with van der Waals surface area (Å²) in [4.78, 5) is 27.5. The molecule has 0 fully saturated rings. The number of likely N-dealkylation sites (N-methyl/N-ethyl adjacent to an activating group) is 2. The summed E-state index contributed by atoms with van der Waals surface area (Å²) in [5, 5.41) is 2.79. The Morgan fingerprint density at radius 1 is 1.04 bits per heavy atom. The zero-order valence-electron chi connectivity index (χ0n) is 15.0. The van der Waals surface area contributed by atoms with E-state index in [0.29, 0.717) is 13.0 Å². The molecule has 0 aliphatic carbocycles. The van der Waals surface area contributed by atoms with Crippen LogP contribution in [0, 0.1) is 0 Å². The first-order valence-corrected chi connectivity index (χ1v) is 8.52. The standard InChI is InChI=1S/C16H35N5O2/c1-4-14(22)13-15(18)16(23)19-8-6-10-21(3)12-11-20(2)9-5-7-17/h15H,4-13,17-18H2,1-3H3,(H,19,23). The van der Waals surface area contributed by atoms with Gasteiger partial charge in [0.05, 0.1) is 6.04 Å². The van der Waals surface area contributed by atoms with Crippen molar-refractivity contribution in [1.29, 1.82) is 0 Å². The minimum Gasteiger partial charge on any atom is -0.355 e. The Balaban J connectivity index is 3.69. The van der Waals surface area contributed by atoms with Gasteiger partial charge in [-0.1, -0.05) is 6.92 Å². The number of nitrogens with one attached hydrogen (secondary N) is 1. The first kappa shape index (κ1) is 22.0. The molecule has 23 heavy (non-hydrogen) atoms. The molecule has 0 rings (SSSR count). The second kappa shape index (κ2) is 13.4. The van der Waals surface area contributed by atoms with E-state index in [9.17, 15) is 9.59 Å². The Morgan fingerprint density at radius 3 is 2.13 bits per heavy atom. The summed E-state index contributed by atoms with van der Waals surface area (Å²) < 4.78 is 0. The maximum atomic E-state index is 11.7. The van der Waals surface area contributed by atoms with Crippen LogP contribution >= 0.6 is 0 Å². The van der Waals surface area contributed by atoms with Crippen molar-refractivity contribution >= 4 is 11.7 Å². The highest BCUT2D eigenvalue weighted by atomic mass is 16.2. The lowest BCUT2D eigenvalue weighted by atomic mass is 10.1. The van der Waals surface area contributed by atoms with Gasteiger partial charge in [-0.3, -0.25) is 9.59 Å². The average molecular weight is 329 g/mol. The van der Waals surface area contributed by atoms with Crippen LogP contribution < -0.4 is 16.8 Å². The molecule has 136 valence electrons. The molecule has 0 aromatic heterocycles. The Kier molecular flexibility index (Phi) is 12.8. The fourth-order valence-electron chi connectivity index (χ4n) is 2.10. The van der Waals surface area contributed by atoms with Gasteiger partial charge in [-0.2, -0.15) is 0 Å². The number of Topliss-reactive ketones (excluding diaryl/α,β-unsaturated/α-hetero) is 1. The molecule has 1 amide bonds. The lowest BCUT2D eigenvalue weighted by Gasteiger charge is -2.22. The maximum absolute atomic E-state index is 11.7. The summed E-state index contributed by atoms with van der Waals surface area (Å²) in [6, 6.07) is -0.726. The summed E-state index contributed by atoms with van der Waals surface area (Å²) >= 11 is 0. The largest absolute Gasteiger partial charge is 0.355 e. The highest BCUT2D eigenvalue weighted by Crippen LogP contribution is 1.95. The topological polar surface area (TPSA) is 105 Å². The fraction of sp³-hybridized carbons (Fsp3) is 0.875. The number of hydrogen-bond donors (Lipinski definition) is 3. The number of carbonyl (C=O) groups excluding carboxylic acids is 2. The van der Waals surface area contributed by atoms with Crippen LogP contribution in [-0.4, -0.2) is 80.9 Å². The van der Waals surface area contributed by atoms with Gasteiger partial charge in [0.1, 0.15) is 5.78 Å². The fourth-order valence-corrected chi connectivity index (χ4v) is 2.10. The summed E-state index contributed by atoms with van der Waals surface area (Å²) in [5.41, 5.74) is 11.2. The van der Waals surface area contributed by atoms with Gasteiger partial charge in [0.15, 0.2) is 0 Å². The molecule has 0 spiro atoms. The summed E-state index contributed by atoms with van der Waals surface area (Å²) in [6.07, 6.45) is 2.43. The van der Waals surface area contributed by atoms with Crippen molar-refractivity contribution in [3.8, 4) is 0 Å². The van der Waals surface area contributed by atoms with E-state index in [1.54, 1.807) is 6.92 Å². The van der Waals surface area contributed by atoms with Crippen molar-refractivity contribution in [2.75, 3.05) is 53.4 Å². The van der Waals surface area contributed by atoms with Crippen molar-refractivity contribution in [2.24, 2.45) is 11.5 Å². The van der Waals surface area contributed by atoms with Crippen LogP contribution in [0.5, 0.6) is 0 Å². The Labute approximate surface area is 140 Å². The van der Waals surface area contributed by atoms with E-state index in [-0.39, 0.29) is 18.1 Å². The number of ketones is 1. The smallest absolute Gasteiger partial charge is 0.237 e. The molecule has 0 heterocycles. The zero-order chi connectivity index (χ0) is 17.7. The molecule has 1 atom stereocenters. The predicted molar refractivity (Wildman–Crippen MR) is 94.2 cm³/mol. The lowest BCUT2D eigenvalue weighted by Crippen LogP contribution is -2.42. The summed E-state index contributed by atoms with van der Waals surface area (Å²) in [6.45, 7) is 7.01. The maximum Gasteiger partial charge on any atom is 0.237 e. The SMILES string of the molecule is CCC(=O)CC(N)C(=O)NCCCN(C)CCN(C)CCCN. The van der Waals surface area contributed by atoms with Crippen molar-refractivity contribution in [1.82, 2.24) is 15.1 Å². The van der Waals surface area contributed by atoms with Gasteiger partial charge in [0.25, 0.3) is 0 Å². The van der Waals surface area contributed by atoms with Crippen LogP contribution in [0.25, 0.3) is 0 Å².